The van der Waals surface area contributed by atoms with Crippen LogP contribution in [0.1, 0.15) is 31.9 Å². The highest BCUT2D eigenvalue weighted by molar-refractivity contribution is 6.35. The van der Waals surface area contributed by atoms with Gasteiger partial charge in [0.15, 0.2) is 6.23 Å². The predicted molar refractivity (Wildman–Crippen MR) is 91.1 cm³/mol. The number of hydrogen-bond acceptors (Lipinski definition) is 4. The lowest BCUT2D eigenvalue weighted by Gasteiger charge is -2.38. The summed E-state index contributed by atoms with van der Waals surface area (Å²) in [4.78, 5) is 12.2. The van der Waals surface area contributed by atoms with E-state index in [9.17, 15) is 18.0 Å². The number of rotatable bonds is 4. The van der Waals surface area contributed by atoms with Gasteiger partial charge >= 0.3 is 12.3 Å². The third-order valence-corrected chi connectivity index (χ3v) is 4.51. The molecule has 0 bridgehead atoms. The molecule has 0 saturated carbocycles. The van der Waals surface area contributed by atoms with Gasteiger partial charge in [0.2, 0.25) is 0 Å². The second-order valence-electron chi connectivity index (χ2n) is 5.71. The quantitative estimate of drug-likeness (QED) is 0.709. The third kappa shape index (κ3) is 4.29. The normalized spacial score (nSPS) is 23.6. The first-order chi connectivity index (χ1) is 12.2. The van der Waals surface area contributed by atoms with Crippen LogP contribution in [0.3, 0.4) is 0 Å². The Morgan fingerprint density at radius 3 is 2.58 bits per heavy atom. The Labute approximate surface area is 154 Å². The smallest absolute Gasteiger partial charge is 0.432 e. The standard InChI is InChI=1S/C17H20ClF3N2O3/c1-4-25-15-10(3)13(18)14(22-23(15)16(24)26-5-2)11-7-6-8-12(9-11)17(19,20)21/h6-10,13,15H,4-5H2,1-3H3/t10-,13+,15+/m1/s1. The number of halogens is 4. The first kappa shape index (κ1) is 20.5. The van der Waals surface area contributed by atoms with Gasteiger partial charge in [0.25, 0.3) is 0 Å². The molecule has 1 aliphatic heterocycles. The van der Waals surface area contributed by atoms with Crippen molar-refractivity contribution < 1.29 is 27.4 Å². The molecule has 0 unspecified atom stereocenters. The SMILES string of the molecule is CCOC(=O)N1N=C(c2cccc(C(F)(F)F)c2)[C@@H](Cl)[C@@H](C)[C@@H]1OCC. The molecule has 0 N–H and O–H groups in total. The summed E-state index contributed by atoms with van der Waals surface area (Å²) in [5.41, 5.74) is -0.464. The van der Waals surface area contributed by atoms with E-state index in [0.29, 0.717) is 6.61 Å². The van der Waals surface area contributed by atoms with Crippen molar-refractivity contribution >= 4 is 23.4 Å². The second-order valence-corrected chi connectivity index (χ2v) is 6.18. The van der Waals surface area contributed by atoms with E-state index < -0.39 is 35.4 Å². The van der Waals surface area contributed by atoms with Gasteiger partial charge in [-0.15, -0.1) is 11.6 Å². The van der Waals surface area contributed by atoms with Crippen molar-refractivity contribution in [1.82, 2.24) is 5.01 Å². The lowest BCUT2D eigenvalue weighted by atomic mass is 9.94. The van der Waals surface area contributed by atoms with Crippen molar-refractivity contribution in [3.8, 4) is 0 Å². The van der Waals surface area contributed by atoms with Gasteiger partial charge in [0, 0.05) is 12.5 Å². The van der Waals surface area contributed by atoms with Crippen molar-refractivity contribution in [2.75, 3.05) is 13.2 Å². The average molecular weight is 393 g/mol. The zero-order valence-electron chi connectivity index (χ0n) is 14.6. The number of amides is 1. The number of nitrogens with zero attached hydrogens (tertiary/aromatic N) is 2. The van der Waals surface area contributed by atoms with Gasteiger partial charge in [0.05, 0.1) is 23.3 Å². The molecule has 1 aromatic carbocycles. The zero-order valence-corrected chi connectivity index (χ0v) is 15.3. The monoisotopic (exact) mass is 392 g/mol. The number of hydrazone groups is 1. The molecule has 1 heterocycles. The Bertz CT molecular complexity index is 681. The van der Waals surface area contributed by atoms with Gasteiger partial charge in [-0.1, -0.05) is 19.1 Å². The Kier molecular flexibility index (Phi) is 6.52. The number of carbonyl (C=O) groups is 1. The predicted octanol–water partition coefficient (Wildman–Crippen LogP) is 4.49. The summed E-state index contributed by atoms with van der Waals surface area (Å²) >= 11 is 6.44. The fraction of sp³-hybridized carbons (Fsp3) is 0.529. The first-order valence-corrected chi connectivity index (χ1v) is 8.62. The van der Waals surface area contributed by atoms with Gasteiger partial charge < -0.3 is 9.47 Å². The third-order valence-electron chi connectivity index (χ3n) is 3.91. The minimum atomic E-state index is -4.49. The molecular weight excluding hydrogens is 373 g/mol. The van der Waals surface area contributed by atoms with E-state index in [1.165, 1.54) is 12.1 Å². The van der Waals surface area contributed by atoms with Crippen LogP contribution < -0.4 is 0 Å². The molecule has 3 atom stereocenters. The van der Waals surface area contributed by atoms with Gasteiger partial charge in [0.1, 0.15) is 0 Å². The molecule has 26 heavy (non-hydrogen) atoms. The van der Waals surface area contributed by atoms with E-state index >= 15 is 0 Å². The van der Waals surface area contributed by atoms with E-state index in [-0.39, 0.29) is 17.9 Å². The molecule has 0 aromatic heterocycles. The van der Waals surface area contributed by atoms with Crippen molar-refractivity contribution in [2.45, 2.75) is 38.6 Å². The van der Waals surface area contributed by atoms with Crippen molar-refractivity contribution in [3.05, 3.63) is 35.4 Å². The lowest BCUT2D eigenvalue weighted by molar-refractivity contribution is -0.137. The summed E-state index contributed by atoms with van der Waals surface area (Å²) in [5, 5.41) is 4.45. The van der Waals surface area contributed by atoms with Crippen LogP contribution >= 0.6 is 11.6 Å². The molecule has 0 aliphatic carbocycles. The fourth-order valence-electron chi connectivity index (χ4n) is 2.64. The Morgan fingerprint density at radius 1 is 1.31 bits per heavy atom. The average Bonchev–Trinajstić information content (AvgIpc) is 2.59. The second kappa shape index (κ2) is 8.26. The van der Waals surface area contributed by atoms with Crippen LogP contribution in [0.15, 0.2) is 29.4 Å². The Balaban J connectivity index is 2.49. The van der Waals surface area contributed by atoms with Crippen LogP contribution in [0.5, 0.6) is 0 Å². The van der Waals surface area contributed by atoms with E-state index in [1.54, 1.807) is 20.8 Å². The van der Waals surface area contributed by atoms with E-state index in [1.807, 2.05) is 0 Å². The minimum Gasteiger partial charge on any atom is -0.448 e. The summed E-state index contributed by atoms with van der Waals surface area (Å²) in [6.45, 7) is 5.57. The highest BCUT2D eigenvalue weighted by Gasteiger charge is 2.41. The summed E-state index contributed by atoms with van der Waals surface area (Å²) < 4.78 is 49.5. The molecule has 0 fully saturated rings. The van der Waals surface area contributed by atoms with E-state index in [2.05, 4.69) is 5.10 Å². The summed E-state index contributed by atoms with van der Waals surface area (Å²) in [7, 11) is 0. The summed E-state index contributed by atoms with van der Waals surface area (Å²) in [5.74, 6) is -0.414. The molecule has 0 saturated heterocycles. The van der Waals surface area contributed by atoms with E-state index in [4.69, 9.17) is 21.1 Å². The van der Waals surface area contributed by atoms with E-state index in [0.717, 1.165) is 17.1 Å². The van der Waals surface area contributed by atoms with Gasteiger partial charge in [-0.05, 0) is 31.5 Å². The highest BCUT2D eigenvalue weighted by Crippen LogP contribution is 2.33. The lowest BCUT2D eigenvalue weighted by Crippen LogP contribution is -2.51. The van der Waals surface area contributed by atoms with Crippen molar-refractivity contribution in [3.63, 3.8) is 0 Å². The largest absolute Gasteiger partial charge is 0.448 e. The van der Waals surface area contributed by atoms with Crippen LogP contribution in [0.4, 0.5) is 18.0 Å². The summed E-state index contributed by atoms with van der Waals surface area (Å²) in [6.07, 6.45) is -6.00. The zero-order chi connectivity index (χ0) is 19.5. The van der Waals surface area contributed by atoms with Gasteiger partial charge in [-0.3, -0.25) is 0 Å². The number of alkyl halides is 4. The van der Waals surface area contributed by atoms with Crippen LogP contribution in [0.2, 0.25) is 0 Å². The molecule has 1 aromatic rings. The number of hydrogen-bond donors (Lipinski definition) is 0. The minimum absolute atomic E-state index is 0.126. The number of benzene rings is 1. The molecule has 1 aliphatic rings. The molecule has 1 amide bonds. The van der Waals surface area contributed by atoms with Crippen molar-refractivity contribution in [2.24, 2.45) is 11.0 Å². The highest BCUT2D eigenvalue weighted by atomic mass is 35.5. The maximum atomic E-state index is 13.0. The molecule has 144 valence electrons. The fourth-order valence-corrected chi connectivity index (χ4v) is 2.94. The molecule has 9 heteroatoms. The molecule has 5 nitrogen and oxygen atoms in total. The number of ether oxygens (including phenoxy) is 2. The molecule has 0 spiro atoms. The van der Waals surface area contributed by atoms with Crippen LogP contribution in [0, 0.1) is 5.92 Å². The van der Waals surface area contributed by atoms with Crippen LogP contribution in [-0.4, -0.2) is 41.6 Å². The Morgan fingerprint density at radius 2 is 2.00 bits per heavy atom. The van der Waals surface area contributed by atoms with Crippen molar-refractivity contribution in [1.29, 1.82) is 0 Å². The molecule has 0 radical (unpaired) electrons. The van der Waals surface area contributed by atoms with Crippen LogP contribution in [-0.2, 0) is 15.7 Å². The van der Waals surface area contributed by atoms with Gasteiger partial charge in [-0.2, -0.15) is 23.3 Å². The number of carbonyl (C=O) groups excluding carboxylic acids is 1. The maximum Gasteiger partial charge on any atom is 0.432 e. The Hall–Kier alpha value is -1.80. The van der Waals surface area contributed by atoms with Crippen LogP contribution in [0.25, 0.3) is 0 Å². The first-order valence-electron chi connectivity index (χ1n) is 8.18. The summed E-state index contributed by atoms with van der Waals surface area (Å²) in [6, 6.07) is 4.68. The maximum absolute atomic E-state index is 13.0. The van der Waals surface area contributed by atoms with Gasteiger partial charge in [-0.25, -0.2) is 4.79 Å². The molecular formula is C17H20ClF3N2O3. The molecule has 2 rings (SSSR count). The topological polar surface area (TPSA) is 51.1 Å².